The zero-order chi connectivity index (χ0) is 22.9. The predicted molar refractivity (Wildman–Crippen MR) is 129 cm³/mol. The van der Waals surface area contributed by atoms with E-state index in [4.69, 9.17) is 46.4 Å². The fourth-order valence-corrected chi connectivity index (χ4v) is 4.27. The SMILES string of the molecule is Cc1cc(C)c(NC(=O)c2ccc(Cl)cc2Cl)c(C)c1NC(=O)c1ccc(Cl)cc1Cl. The maximum absolute atomic E-state index is 12.8. The number of hydrogen-bond acceptors (Lipinski definition) is 2. The molecule has 4 nitrogen and oxygen atoms in total. The molecule has 0 aliphatic rings. The van der Waals surface area contributed by atoms with Gasteiger partial charge in [0, 0.05) is 21.4 Å². The molecule has 31 heavy (non-hydrogen) atoms. The smallest absolute Gasteiger partial charge is 0.257 e. The third kappa shape index (κ3) is 5.16. The molecule has 3 aromatic carbocycles. The van der Waals surface area contributed by atoms with Gasteiger partial charge >= 0.3 is 0 Å². The molecule has 0 saturated heterocycles. The largest absolute Gasteiger partial charge is 0.321 e. The molecular formula is C23H18Cl4N2O2. The average Bonchev–Trinajstić information content (AvgIpc) is 2.68. The Labute approximate surface area is 200 Å². The number of carbonyl (C=O) groups excluding carboxylic acids is 2. The van der Waals surface area contributed by atoms with E-state index >= 15 is 0 Å². The van der Waals surface area contributed by atoms with Gasteiger partial charge < -0.3 is 10.6 Å². The van der Waals surface area contributed by atoms with E-state index in [-0.39, 0.29) is 21.9 Å². The van der Waals surface area contributed by atoms with Gasteiger partial charge in [0.2, 0.25) is 0 Å². The summed E-state index contributed by atoms with van der Waals surface area (Å²) in [6.45, 7) is 5.57. The van der Waals surface area contributed by atoms with E-state index in [1.54, 1.807) is 24.3 Å². The summed E-state index contributed by atoms with van der Waals surface area (Å²) in [7, 11) is 0. The van der Waals surface area contributed by atoms with Crippen LogP contribution in [0.25, 0.3) is 0 Å². The van der Waals surface area contributed by atoms with Crippen molar-refractivity contribution in [2.75, 3.05) is 10.6 Å². The topological polar surface area (TPSA) is 58.2 Å². The van der Waals surface area contributed by atoms with Crippen molar-refractivity contribution in [1.29, 1.82) is 0 Å². The highest BCUT2D eigenvalue weighted by Crippen LogP contribution is 2.33. The second-order valence-electron chi connectivity index (χ2n) is 7.04. The molecule has 0 atom stereocenters. The standard InChI is InChI=1S/C23H18Cl4N2O2/c1-11-8-12(2)21(29-23(31)17-7-5-15(25)10-19(17)27)13(3)20(11)28-22(30)16-6-4-14(24)9-18(16)26/h4-10H,1-3H3,(H,28,30)(H,29,31). The molecule has 2 amide bonds. The van der Waals surface area contributed by atoms with Gasteiger partial charge in [-0.1, -0.05) is 52.5 Å². The highest BCUT2D eigenvalue weighted by Gasteiger charge is 2.19. The van der Waals surface area contributed by atoms with Gasteiger partial charge in [0.05, 0.1) is 21.2 Å². The number of hydrogen-bond donors (Lipinski definition) is 2. The van der Waals surface area contributed by atoms with Crippen LogP contribution in [0, 0.1) is 20.8 Å². The van der Waals surface area contributed by atoms with Crippen molar-refractivity contribution in [3.8, 4) is 0 Å². The molecule has 0 radical (unpaired) electrons. The Morgan fingerprint density at radius 1 is 0.645 bits per heavy atom. The molecule has 3 aromatic rings. The number of carbonyl (C=O) groups is 2. The van der Waals surface area contributed by atoms with Gasteiger partial charge in [-0.2, -0.15) is 0 Å². The third-order valence-electron chi connectivity index (χ3n) is 4.80. The quantitative estimate of drug-likeness (QED) is 0.389. The Morgan fingerprint density at radius 3 is 1.39 bits per heavy atom. The summed E-state index contributed by atoms with van der Waals surface area (Å²) in [6, 6.07) is 11.2. The van der Waals surface area contributed by atoms with Crippen LogP contribution in [0.5, 0.6) is 0 Å². The monoisotopic (exact) mass is 494 g/mol. The molecular weight excluding hydrogens is 478 g/mol. The minimum absolute atomic E-state index is 0.248. The van der Waals surface area contributed by atoms with E-state index in [9.17, 15) is 9.59 Å². The lowest BCUT2D eigenvalue weighted by Gasteiger charge is -2.19. The second kappa shape index (κ2) is 9.49. The zero-order valence-corrected chi connectivity index (χ0v) is 19.9. The maximum atomic E-state index is 12.8. The lowest BCUT2D eigenvalue weighted by atomic mass is 10.0. The Morgan fingerprint density at radius 2 is 1.03 bits per heavy atom. The van der Waals surface area contributed by atoms with Crippen molar-refractivity contribution in [1.82, 2.24) is 0 Å². The summed E-state index contributed by atoms with van der Waals surface area (Å²) in [5.41, 5.74) is 4.15. The number of amides is 2. The normalized spacial score (nSPS) is 10.7. The molecule has 2 N–H and O–H groups in total. The molecule has 3 rings (SSSR count). The molecule has 0 aliphatic carbocycles. The minimum atomic E-state index is -0.380. The molecule has 0 saturated carbocycles. The van der Waals surface area contributed by atoms with Gasteiger partial charge in [0.1, 0.15) is 0 Å². The molecule has 0 unspecified atom stereocenters. The first-order valence-electron chi connectivity index (χ1n) is 9.22. The maximum Gasteiger partial charge on any atom is 0.257 e. The number of aryl methyl sites for hydroxylation is 2. The zero-order valence-electron chi connectivity index (χ0n) is 16.9. The molecule has 0 aliphatic heterocycles. The molecule has 160 valence electrons. The summed E-state index contributed by atoms with van der Waals surface area (Å²) >= 11 is 24.2. The summed E-state index contributed by atoms with van der Waals surface area (Å²) in [5, 5.41) is 7.16. The third-order valence-corrected chi connectivity index (χ3v) is 5.90. The van der Waals surface area contributed by atoms with Crippen LogP contribution in [0.2, 0.25) is 20.1 Å². The first kappa shape index (κ1) is 23.4. The van der Waals surface area contributed by atoms with Crippen LogP contribution in [0.1, 0.15) is 37.4 Å². The van der Waals surface area contributed by atoms with Crippen LogP contribution >= 0.6 is 46.4 Å². The summed E-state index contributed by atoms with van der Waals surface area (Å²) in [4.78, 5) is 25.6. The van der Waals surface area contributed by atoms with Gasteiger partial charge in [-0.3, -0.25) is 9.59 Å². The summed E-state index contributed by atoms with van der Waals surface area (Å²) < 4.78 is 0. The van der Waals surface area contributed by atoms with Crippen molar-refractivity contribution >= 4 is 69.6 Å². The molecule has 0 heterocycles. The van der Waals surface area contributed by atoms with Crippen LogP contribution in [-0.4, -0.2) is 11.8 Å². The van der Waals surface area contributed by atoms with E-state index in [1.807, 2.05) is 26.8 Å². The Balaban J connectivity index is 1.94. The van der Waals surface area contributed by atoms with Gasteiger partial charge in [-0.05, 0) is 73.9 Å². The van der Waals surface area contributed by atoms with E-state index in [1.165, 1.54) is 12.1 Å². The molecule has 8 heteroatoms. The van der Waals surface area contributed by atoms with E-state index in [0.717, 1.165) is 11.1 Å². The summed E-state index contributed by atoms with van der Waals surface area (Å²) in [6.07, 6.45) is 0. The van der Waals surface area contributed by atoms with Crippen molar-refractivity contribution in [2.24, 2.45) is 0 Å². The van der Waals surface area contributed by atoms with Gasteiger partial charge in [0.15, 0.2) is 0 Å². The van der Waals surface area contributed by atoms with Crippen LogP contribution in [0.3, 0.4) is 0 Å². The second-order valence-corrected chi connectivity index (χ2v) is 8.73. The lowest BCUT2D eigenvalue weighted by Crippen LogP contribution is -2.18. The van der Waals surface area contributed by atoms with Crippen LogP contribution in [0.15, 0.2) is 42.5 Å². The average molecular weight is 496 g/mol. The van der Waals surface area contributed by atoms with Crippen molar-refractivity contribution in [3.63, 3.8) is 0 Å². The number of rotatable bonds is 4. The van der Waals surface area contributed by atoms with Crippen LogP contribution < -0.4 is 10.6 Å². The van der Waals surface area contributed by atoms with Gasteiger partial charge in [-0.15, -0.1) is 0 Å². The van der Waals surface area contributed by atoms with E-state index in [2.05, 4.69) is 10.6 Å². The first-order chi connectivity index (χ1) is 14.6. The number of benzene rings is 3. The Bertz CT molecular complexity index is 1120. The van der Waals surface area contributed by atoms with Crippen LogP contribution in [0.4, 0.5) is 11.4 Å². The Hall–Kier alpha value is -2.24. The van der Waals surface area contributed by atoms with E-state index < -0.39 is 0 Å². The summed E-state index contributed by atoms with van der Waals surface area (Å²) in [5.74, 6) is -0.760. The van der Waals surface area contributed by atoms with Crippen LogP contribution in [-0.2, 0) is 0 Å². The number of halogens is 4. The predicted octanol–water partition coefficient (Wildman–Crippen LogP) is 7.73. The fourth-order valence-electron chi connectivity index (χ4n) is 3.28. The van der Waals surface area contributed by atoms with Crippen molar-refractivity contribution in [2.45, 2.75) is 20.8 Å². The molecule has 0 bridgehead atoms. The highest BCUT2D eigenvalue weighted by atomic mass is 35.5. The molecule has 0 spiro atoms. The van der Waals surface area contributed by atoms with E-state index in [0.29, 0.717) is 38.1 Å². The molecule has 0 aromatic heterocycles. The number of nitrogens with one attached hydrogen (secondary N) is 2. The Kier molecular flexibility index (Phi) is 7.17. The van der Waals surface area contributed by atoms with Gasteiger partial charge in [0.25, 0.3) is 11.8 Å². The minimum Gasteiger partial charge on any atom is -0.321 e. The fraction of sp³-hybridized carbons (Fsp3) is 0.130. The van der Waals surface area contributed by atoms with Crippen molar-refractivity contribution in [3.05, 3.63) is 90.4 Å². The van der Waals surface area contributed by atoms with Crippen molar-refractivity contribution < 1.29 is 9.59 Å². The van der Waals surface area contributed by atoms with Gasteiger partial charge in [-0.25, -0.2) is 0 Å². The highest BCUT2D eigenvalue weighted by molar-refractivity contribution is 6.38. The lowest BCUT2D eigenvalue weighted by molar-refractivity contribution is 0.101. The number of anilines is 2. The first-order valence-corrected chi connectivity index (χ1v) is 10.7. The molecule has 0 fully saturated rings.